The van der Waals surface area contributed by atoms with Gasteiger partial charge in [-0.2, -0.15) is 0 Å². The van der Waals surface area contributed by atoms with E-state index in [2.05, 4.69) is 18.2 Å². The Kier molecular flexibility index (Phi) is 3.50. The molecular weight excluding hydrogens is 250 g/mol. The monoisotopic (exact) mass is 267 g/mol. The SMILES string of the molecule is O=C1CCN(C(=O)Cc2cccc3ccccc23)CC1. The summed E-state index contributed by atoms with van der Waals surface area (Å²) in [5, 5.41) is 2.29. The smallest absolute Gasteiger partial charge is 0.227 e. The summed E-state index contributed by atoms with van der Waals surface area (Å²) in [6.45, 7) is 1.14. The summed E-state index contributed by atoms with van der Waals surface area (Å²) in [4.78, 5) is 25.4. The Morgan fingerprint density at radius 2 is 1.70 bits per heavy atom. The van der Waals surface area contributed by atoms with Crippen molar-refractivity contribution in [2.75, 3.05) is 13.1 Å². The highest BCUT2D eigenvalue weighted by Crippen LogP contribution is 2.20. The van der Waals surface area contributed by atoms with Crippen LogP contribution in [-0.2, 0) is 16.0 Å². The van der Waals surface area contributed by atoms with E-state index in [4.69, 9.17) is 0 Å². The molecule has 0 aromatic heterocycles. The maximum Gasteiger partial charge on any atom is 0.227 e. The second kappa shape index (κ2) is 5.45. The number of hydrogen-bond donors (Lipinski definition) is 0. The van der Waals surface area contributed by atoms with E-state index in [1.807, 2.05) is 29.2 Å². The van der Waals surface area contributed by atoms with Crippen molar-refractivity contribution < 1.29 is 9.59 Å². The highest BCUT2D eigenvalue weighted by molar-refractivity contribution is 5.91. The van der Waals surface area contributed by atoms with Crippen LogP contribution < -0.4 is 0 Å². The third-order valence-electron chi connectivity index (χ3n) is 3.90. The van der Waals surface area contributed by atoms with Gasteiger partial charge in [-0.05, 0) is 16.3 Å². The van der Waals surface area contributed by atoms with Gasteiger partial charge in [-0.3, -0.25) is 9.59 Å². The van der Waals surface area contributed by atoms with Gasteiger partial charge in [0.15, 0.2) is 0 Å². The molecule has 0 N–H and O–H groups in total. The molecule has 0 radical (unpaired) electrons. The number of fused-ring (bicyclic) bond motifs is 1. The first-order chi connectivity index (χ1) is 9.74. The summed E-state index contributed by atoms with van der Waals surface area (Å²) in [6.07, 6.45) is 1.41. The fraction of sp³-hybridized carbons (Fsp3) is 0.294. The van der Waals surface area contributed by atoms with Crippen molar-refractivity contribution >= 4 is 22.5 Å². The van der Waals surface area contributed by atoms with E-state index in [0.717, 1.165) is 16.3 Å². The van der Waals surface area contributed by atoms with E-state index in [0.29, 0.717) is 32.4 Å². The first kappa shape index (κ1) is 12.9. The number of carbonyl (C=O) groups excluding carboxylic acids is 2. The molecule has 0 atom stereocenters. The summed E-state index contributed by atoms with van der Waals surface area (Å²) in [7, 11) is 0. The normalized spacial score (nSPS) is 15.6. The molecule has 1 fully saturated rings. The van der Waals surface area contributed by atoms with E-state index < -0.39 is 0 Å². The van der Waals surface area contributed by atoms with E-state index in [1.54, 1.807) is 0 Å². The fourth-order valence-electron chi connectivity index (χ4n) is 2.73. The Hall–Kier alpha value is -2.16. The minimum atomic E-state index is 0.119. The van der Waals surface area contributed by atoms with E-state index in [1.165, 1.54) is 0 Å². The molecule has 2 aromatic rings. The lowest BCUT2D eigenvalue weighted by atomic mass is 10.0. The molecule has 3 heteroatoms. The molecule has 3 rings (SSSR count). The van der Waals surface area contributed by atoms with Gasteiger partial charge in [0.05, 0.1) is 6.42 Å². The Labute approximate surface area is 118 Å². The van der Waals surface area contributed by atoms with Crippen LogP contribution >= 0.6 is 0 Å². The second-order valence-corrected chi connectivity index (χ2v) is 5.23. The zero-order valence-corrected chi connectivity index (χ0v) is 11.3. The van der Waals surface area contributed by atoms with Crippen molar-refractivity contribution in [1.29, 1.82) is 0 Å². The van der Waals surface area contributed by atoms with Crippen LogP contribution in [0.4, 0.5) is 0 Å². The van der Waals surface area contributed by atoms with Crippen molar-refractivity contribution in [2.24, 2.45) is 0 Å². The number of carbonyl (C=O) groups is 2. The number of nitrogens with zero attached hydrogens (tertiary/aromatic N) is 1. The van der Waals surface area contributed by atoms with Crippen LogP contribution in [0.5, 0.6) is 0 Å². The van der Waals surface area contributed by atoms with Gasteiger partial charge in [-0.1, -0.05) is 42.5 Å². The third-order valence-corrected chi connectivity index (χ3v) is 3.90. The number of likely N-dealkylation sites (tertiary alicyclic amines) is 1. The van der Waals surface area contributed by atoms with Crippen molar-refractivity contribution in [3.8, 4) is 0 Å². The van der Waals surface area contributed by atoms with Crippen molar-refractivity contribution in [3.63, 3.8) is 0 Å². The number of hydrogen-bond acceptors (Lipinski definition) is 2. The molecule has 20 heavy (non-hydrogen) atoms. The topological polar surface area (TPSA) is 37.4 Å². The maximum atomic E-state index is 12.3. The van der Waals surface area contributed by atoms with Crippen LogP contribution in [0.25, 0.3) is 10.8 Å². The predicted octanol–water partition coefficient (Wildman–Crippen LogP) is 2.57. The van der Waals surface area contributed by atoms with Crippen LogP contribution in [0.15, 0.2) is 42.5 Å². The summed E-state index contributed by atoms with van der Waals surface area (Å²) in [6, 6.07) is 14.2. The van der Waals surface area contributed by atoms with E-state index in [-0.39, 0.29) is 11.7 Å². The lowest BCUT2D eigenvalue weighted by molar-refractivity contribution is -0.133. The molecule has 1 amide bonds. The number of rotatable bonds is 2. The highest BCUT2D eigenvalue weighted by Gasteiger charge is 2.21. The maximum absolute atomic E-state index is 12.3. The lowest BCUT2D eigenvalue weighted by Gasteiger charge is -2.26. The van der Waals surface area contributed by atoms with Gasteiger partial charge in [-0.15, -0.1) is 0 Å². The first-order valence-corrected chi connectivity index (χ1v) is 7.00. The Morgan fingerprint density at radius 1 is 1.00 bits per heavy atom. The Bertz CT molecular complexity index is 648. The fourth-order valence-corrected chi connectivity index (χ4v) is 2.73. The molecule has 0 bridgehead atoms. The number of ketones is 1. The van der Waals surface area contributed by atoms with Crippen molar-refractivity contribution in [2.45, 2.75) is 19.3 Å². The van der Waals surface area contributed by atoms with Crippen molar-refractivity contribution in [3.05, 3.63) is 48.0 Å². The Morgan fingerprint density at radius 3 is 2.50 bits per heavy atom. The van der Waals surface area contributed by atoms with Crippen LogP contribution in [0.3, 0.4) is 0 Å². The van der Waals surface area contributed by atoms with Crippen LogP contribution in [0.2, 0.25) is 0 Å². The third kappa shape index (κ3) is 2.57. The number of benzene rings is 2. The van der Waals surface area contributed by atoms with Gasteiger partial charge in [-0.25, -0.2) is 0 Å². The van der Waals surface area contributed by atoms with E-state index in [9.17, 15) is 9.59 Å². The minimum absolute atomic E-state index is 0.119. The van der Waals surface area contributed by atoms with Gasteiger partial charge >= 0.3 is 0 Å². The second-order valence-electron chi connectivity index (χ2n) is 5.23. The lowest BCUT2D eigenvalue weighted by Crippen LogP contribution is -2.39. The van der Waals surface area contributed by atoms with Gasteiger partial charge in [0.2, 0.25) is 5.91 Å². The molecule has 1 heterocycles. The molecule has 0 spiro atoms. The van der Waals surface area contributed by atoms with Crippen molar-refractivity contribution in [1.82, 2.24) is 4.90 Å². The van der Waals surface area contributed by atoms with Crippen LogP contribution in [0.1, 0.15) is 18.4 Å². The molecule has 102 valence electrons. The Balaban J connectivity index is 1.79. The number of Topliss-reactive ketones (excluding diaryl/α,β-unsaturated/α-hetero) is 1. The average molecular weight is 267 g/mol. The van der Waals surface area contributed by atoms with Gasteiger partial charge in [0.25, 0.3) is 0 Å². The molecule has 0 aliphatic carbocycles. The number of amides is 1. The standard InChI is InChI=1S/C17H17NO2/c19-15-8-10-18(11-9-15)17(20)12-14-6-3-5-13-4-1-2-7-16(13)14/h1-7H,8-12H2. The summed E-state index contributed by atoms with van der Waals surface area (Å²) in [5.41, 5.74) is 1.06. The first-order valence-electron chi connectivity index (χ1n) is 7.00. The zero-order chi connectivity index (χ0) is 13.9. The molecule has 0 saturated carbocycles. The quantitative estimate of drug-likeness (QED) is 0.838. The minimum Gasteiger partial charge on any atom is -0.342 e. The highest BCUT2D eigenvalue weighted by atomic mass is 16.2. The molecule has 1 aliphatic rings. The molecular formula is C17H17NO2. The zero-order valence-electron chi connectivity index (χ0n) is 11.3. The number of piperidine rings is 1. The molecule has 1 saturated heterocycles. The summed E-state index contributed by atoms with van der Waals surface area (Å²) >= 11 is 0. The average Bonchev–Trinajstić information content (AvgIpc) is 2.48. The molecule has 0 unspecified atom stereocenters. The molecule has 1 aliphatic heterocycles. The van der Waals surface area contributed by atoms with E-state index >= 15 is 0 Å². The largest absolute Gasteiger partial charge is 0.342 e. The van der Waals surface area contributed by atoms with Gasteiger partial charge in [0.1, 0.15) is 5.78 Å². The summed E-state index contributed by atoms with van der Waals surface area (Å²) in [5.74, 6) is 0.382. The summed E-state index contributed by atoms with van der Waals surface area (Å²) < 4.78 is 0. The van der Waals surface area contributed by atoms with Crippen LogP contribution in [-0.4, -0.2) is 29.7 Å². The van der Waals surface area contributed by atoms with Gasteiger partial charge in [0, 0.05) is 25.9 Å². The van der Waals surface area contributed by atoms with Crippen LogP contribution in [0, 0.1) is 0 Å². The molecule has 2 aromatic carbocycles. The molecule has 3 nitrogen and oxygen atoms in total. The predicted molar refractivity (Wildman–Crippen MR) is 78.5 cm³/mol. The van der Waals surface area contributed by atoms with Gasteiger partial charge < -0.3 is 4.90 Å².